The number of hydrogen-bond acceptors (Lipinski definition) is 2. The number of benzene rings is 1. The van der Waals surface area contributed by atoms with Crippen molar-refractivity contribution in [3.63, 3.8) is 0 Å². The zero-order valence-corrected chi connectivity index (χ0v) is 21.3. The van der Waals surface area contributed by atoms with Crippen LogP contribution in [-0.4, -0.2) is 15.6 Å². The summed E-state index contributed by atoms with van der Waals surface area (Å²) >= 11 is 6.14. The summed E-state index contributed by atoms with van der Waals surface area (Å²) < 4.78 is 1.89. The number of rotatable bonds is 3. The molecule has 4 heteroatoms. The number of carbonyl (C=O) groups is 1. The molecule has 178 valence electrons. The second-order valence-electron chi connectivity index (χ2n) is 12.7. The quantitative estimate of drug-likeness (QED) is 0.467. The van der Waals surface area contributed by atoms with Gasteiger partial charge in [0.2, 0.25) is 0 Å². The van der Waals surface area contributed by atoms with E-state index >= 15 is 0 Å². The van der Waals surface area contributed by atoms with Gasteiger partial charge in [-0.05, 0) is 110 Å². The molecule has 4 fully saturated rings. The summed E-state index contributed by atoms with van der Waals surface area (Å²) in [5, 5.41) is 6.26. The molecular weight excluding hydrogens is 428 g/mol. The molecule has 0 amide bonds. The van der Waals surface area contributed by atoms with Crippen LogP contribution in [0.2, 0.25) is 5.02 Å². The van der Waals surface area contributed by atoms with Gasteiger partial charge in [0.15, 0.2) is 5.78 Å². The van der Waals surface area contributed by atoms with Crippen LogP contribution in [0.1, 0.15) is 78.6 Å². The van der Waals surface area contributed by atoms with Gasteiger partial charge in [0.1, 0.15) is 6.54 Å². The van der Waals surface area contributed by atoms with Crippen molar-refractivity contribution < 1.29 is 4.79 Å². The lowest BCUT2D eigenvalue weighted by molar-refractivity contribution is -0.137. The second kappa shape index (κ2) is 7.83. The number of nitrogens with zero attached hydrogens (tertiary/aromatic N) is 2. The van der Waals surface area contributed by atoms with Gasteiger partial charge in [0.25, 0.3) is 0 Å². The SMILES string of the molecule is C[C@H]1CCC2(C)C(CCC3C2CCC2(C)C3CC[C@@H]2C(=O)Cn2ncc3cc(Cl)ccc32)C1. The molecule has 0 aliphatic heterocycles. The molecule has 1 heterocycles. The maximum Gasteiger partial charge on any atom is 0.157 e. The van der Waals surface area contributed by atoms with E-state index in [-0.39, 0.29) is 11.3 Å². The predicted octanol–water partition coefficient (Wildman–Crippen LogP) is 7.55. The molecule has 2 aromatic rings. The van der Waals surface area contributed by atoms with Crippen molar-refractivity contribution in [3.05, 3.63) is 29.4 Å². The van der Waals surface area contributed by atoms with Gasteiger partial charge in [0.05, 0.1) is 11.7 Å². The second-order valence-corrected chi connectivity index (χ2v) is 13.1. The first-order chi connectivity index (χ1) is 15.8. The third kappa shape index (κ3) is 3.35. The lowest BCUT2D eigenvalue weighted by Crippen LogP contribution is -2.53. The number of carbonyl (C=O) groups excluding carboxylic acids is 1. The van der Waals surface area contributed by atoms with Crippen LogP contribution < -0.4 is 0 Å². The molecule has 8 atom stereocenters. The Balaban J connectivity index is 1.22. The third-order valence-corrected chi connectivity index (χ3v) is 11.5. The van der Waals surface area contributed by atoms with E-state index in [0.29, 0.717) is 22.8 Å². The fraction of sp³-hybridized carbons (Fsp3) is 0.724. The summed E-state index contributed by atoms with van der Waals surface area (Å²) in [6.07, 6.45) is 13.9. The van der Waals surface area contributed by atoms with Crippen LogP contribution >= 0.6 is 11.6 Å². The summed E-state index contributed by atoms with van der Waals surface area (Å²) in [5.41, 5.74) is 1.73. The highest BCUT2D eigenvalue weighted by Crippen LogP contribution is 2.67. The summed E-state index contributed by atoms with van der Waals surface area (Å²) in [6.45, 7) is 7.98. The van der Waals surface area contributed by atoms with Crippen molar-refractivity contribution >= 4 is 28.3 Å². The Morgan fingerprint density at radius 3 is 2.70 bits per heavy atom. The molecule has 1 aromatic carbocycles. The predicted molar refractivity (Wildman–Crippen MR) is 134 cm³/mol. The molecule has 33 heavy (non-hydrogen) atoms. The van der Waals surface area contributed by atoms with Crippen molar-refractivity contribution in [2.45, 2.75) is 85.1 Å². The highest BCUT2D eigenvalue weighted by atomic mass is 35.5. The molecule has 4 saturated carbocycles. The van der Waals surface area contributed by atoms with Gasteiger partial charge in [-0.2, -0.15) is 5.10 Å². The molecule has 3 nitrogen and oxygen atoms in total. The summed E-state index contributed by atoms with van der Waals surface area (Å²) in [6, 6.07) is 5.82. The van der Waals surface area contributed by atoms with Crippen molar-refractivity contribution in [1.29, 1.82) is 0 Å². The molecular formula is C29H39ClN2O. The zero-order chi connectivity index (χ0) is 23.0. The smallest absolute Gasteiger partial charge is 0.157 e. The van der Waals surface area contributed by atoms with Crippen LogP contribution in [0.15, 0.2) is 24.4 Å². The highest BCUT2D eigenvalue weighted by molar-refractivity contribution is 6.31. The Kier molecular flexibility index (Phi) is 5.25. The molecule has 6 rings (SSSR count). The Morgan fingerprint density at radius 2 is 1.85 bits per heavy atom. The van der Waals surface area contributed by atoms with Gasteiger partial charge >= 0.3 is 0 Å². The topological polar surface area (TPSA) is 34.9 Å². The lowest BCUT2D eigenvalue weighted by Gasteiger charge is -2.61. The van der Waals surface area contributed by atoms with Gasteiger partial charge in [-0.1, -0.05) is 38.8 Å². The average molecular weight is 467 g/mol. The van der Waals surface area contributed by atoms with E-state index in [4.69, 9.17) is 11.6 Å². The summed E-state index contributed by atoms with van der Waals surface area (Å²) in [4.78, 5) is 13.7. The Labute approximate surface area is 203 Å². The maximum atomic E-state index is 13.7. The molecule has 6 unspecified atom stereocenters. The van der Waals surface area contributed by atoms with Crippen molar-refractivity contribution in [2.24, 2.45) is 46.3 Å². The summed E-state index contributed by atoms with van der Waals surface area (Å²) in [5.74, 6) is 4.88. The minimum absolute atomic E-state index is 0.176. The first-order valence-electron chi connectivity index (χ1n) is 13.4. The first-order valence-corrected chi connectivity index (χ1v) is 13.8. The molecule has 4 aliphatic carbocycles. The normalized spacial score (nSPS) is 42.5. The van der Waals surface area contributed by atoms with Crippen LogP contribution in [0, 0.1) is 46.3 Å². The molecule has 0 radical (unpaired) electrons. The van der Waals surface area contributed by atoms with E-state index in [1.54, 1.807) is 0 Å². The van der Waals surface area contributed by atoms with Gasteiger partial charge < -0.3 is 0 Å². The van der Waals surface area contributed by atoms with Crippen molar-refractivity contribution in [1.82, 2.24) is 9.78 Å². The number of hydrogen-bond donors (Lipinski definition) is 0. The number of fused-ring (bicyclic) bond motifs is 6. The molecule has 4 aliphatic rings. The van der Waals surface area contributed by atoms with Gasteiger partial charge in [-0.15, -0.1) is 0 Å². The van der Waals surface area contributed by atoms with E-state index < -0.39 is 0 Å². The zero-order valence-electron chi connectivity index (χ0n) is 20.5. The molecule has 0 spiro atoms. The van der Waals surface area contributed by atoms with E-state index in [0.717, 1.165) is 46.9 Å². The fourth-order valence-electron chi connectivity index (χ4n) is 9.44. The Morgan fingerprint density at radius 1 is 1.06 bits per heavy atom. The largest absolute Gasteiger partial charge is 0.297 e. The highest BCUT2D eigenvalue weighted by Gasteiger charge is 2.60. The number of ketones is 1. The minimum atomic E-state index is 0.176. The average Bonchev–Trinajstić information content (AvgIpc) is 3.34. The molecule has 0 N–H and O–H groups in total. The third-order valence-electron chi connectivity index (χ3n) is 11.2. The van der Waals surface area contributed by atoms with E-state index in [1.807, 2.05) is 29.1 Å². The van der Waals surface area contributed by atoms with Crippen LogP contribution in [-0.2, 0) is 11.3 Å². The van der Waals surface area contributed by atoms with Crippen molar-refractivity contribution in [3.8, 4) is 0 Å². The van der Waals surface area contributed by atoms with Crippen LogP contribution in [0.5, 0.6) is 0 Å². The Hall–Kier alpha value is -1.35. The monoisotopic (exact) mass is 466 g/mol. The number of halogens is 1. The van der Waals surface area contributed by atoms with Gasteiger partial charge in [0, 0.05) is 16.3 Å². The maximum absolute atomic E-state index is 13.7. The number of aromatic nitrogens is 2. The molecule has 1 aromatic heterocycles. The minimum Gasteiger partial charge on any atom is -0.297 e. The first kappa shape index (κ1) is 22.1. The summed E-state index contributed by atoms with van der Waals surface area (Å²) in [7, 11) is 0. The van der Waals surface area contributed by atoms with Crippen LogP contribution in [0.25, 0.3) is 10.9 Å². The van der Waals surface area contributed by atoms with Crippen molar-refractivity contribution in [2.75, 3.05) is 0 Å². The number of Topliss-reactive ketones (excluding diaryl/α,β-unsaturated/α-hetero) is 1. The standard InChI is InChI=1S/C29H39ClN2O/c1-18-10-12-28(2)20(14-18)4-6-22-23-7-8-25(29(23,3)13-11-24(22)28)27(33)17-32-26-9-5-21(30)15-19(26)16-31-32/h5,9,15-16,18,20,22-25H,4,6-8,10-14,17H2,1-3H3/t18-,20?,22?,23?,24?,25+,28?,29?/m0/s1. The fourth-order valence-corrected chi connectivity index (χ4v) is 9.62. The van der Waals surface area contributed by atoms with E-state index in [1.165, 1.54) is 51.4 Å². The lowest BCUT2D eigenvalue weighted by atomic mass is 9.44. The van der Waals surface area contributed by atoms with Gasteiger partial charge in [-0.3, -0.25) is 9.48 Å². The van der Waals surface area contributed by atoms with Crippen LogP contribution in [0.3, 0.4) is 0 Å². The van der Waals surface area contributed by atoms with E-state index in [2.05, 4.69) is 25.9 Å². The molecule has 0 bridgehead atoms. The van der Waals surface area contributed by atoms with Gasteiger partial charge in [-0.25, -0.2) is 0 Å². The Bertz CT molecular complexity index is 1080. The van der Waals surface area contributed by atoms with E-state index in [9.17, 15) is 4.79 Å². The molecule has 0 saturated heterocycles. The van der Waals surface area contributed by atoms with Crippen LogP contribution in [0.4, 0.5) is 0 Å².